The molecule has 0 fully saturated rings. The van der Waals surface area contributed by atoms with Crippen molar-refractivity contribution in [2.45, 2.75) is 38.1 Å². The number of halogens is 3. The van der Waals surface area contributed by atoms with E-state index in [1.807, 2.05) is 41.2 Å². The molecule has 0 radical (unpaired) electrons. The van der Waals surface area contributed by atoms with Crippen molar-refractivity contribution in [3.05, 3.63) is 71.7 Å². The molecular formula is C20H20F3N5. The van der Waals surface area contributed by atoms with Gasteiger partial charge in [0.1, 0.15) is 5.82 Å². The van der Waals surface area contributed by atoms with E-state index in [-0.39, 0.29) is 11.9 Å². The molecule has 0 aliphatic carbocycles. The first kappa shape index (κ1) is 18.5. The molecule has 2 aromatic heterocycles. The molecule has 0 saturated carbocycles. The highest BCUT2D eigenvalue weighted by Gasteiger charge is 2.30. The second-order valence-corrected chi connectivity index (χ2v) is 6.80. The minimum Gasteiger partial charge on any atom is -0.340 e. The fourth-order valence-electron chi connectivity index (χ4n) is 3.40. The molecule has 3 aromatic rings. The number of benzene rings is 1. The van der Waals surface area contributed by atoms with Crippen LogP contribution in [0.15, 0.2) is 54.9 Å². The zero-order valence-corrected chi connectivity index (χ0v) is 15.1. The number of aromatic nitrogens is 3. The van der Waals surface area contributed by atoms with Gasteiger partial charge in [0.15, 0.2) is 0 Å². The van der Waals surface area contributed by atoms with E-state index in [4.69, 9.17) is 0 Å². The maximum atomic E-state index is 12.8. The molecule has 4 rings (SSSR count). The van der Waals surface area contributed by atoms with Gasteiger partial charge in [-0.3, -0.25) is 4.68 Å². The highest BCUT2D eigenvalue weighted by Crippen LogP contribution is 2.30. The number of rotatable bonds is 5. The van der Waals surface area contributed by atoms with Gasteiger partial charge in [-0.25, -0.2) is 4.98 Å². The highest BCUT2D eigenvalue weighted by atomic mass is 19.4. The zero-order chi connectivity index (χ0) is 19.6. The van der Waals surface area contributed by atoms with Crippen LogP contribution in [0.4, 0.5) is 24.7 Å². The van der Waals surface area contributed by atoms with Crippen LogP contribution >= 0.6 is 0 Å². The third kappa shape index (κ3) is 4.17. The first-order valence-electron chi connectivity index (χ1n) is 9.13. The Labute approximate surface area is 160 Å². The highest BCUT2D eigenvalue weighted by molar-refractivity contribution is 5.57. The summed E-state index contributed by atoms with van der Waals surface area (Å²) in [4.78, 5) is 3.95. The van der Waals surface area contributed by atoms with Crippen molar-refractivity contribution >= 4 is 11.5 Å². The first-order valence-corrected chi connectivity index (χ1v) is 9.13. The predicted octanol–water partition coefficient (Wildman–Crippen LogP) is 4.67. The van der Waals surface area contributed by atoms with E-state index < -0.39 is 11.7 Å². The number of aryl methyl sites for hydroxylation is 1. The van der Waals surface area contributed by atoms with E-state index in [1.54, 1.807) is 0 Å². The molecule has 0 spiro atoms. The molecule has 0 amide bonds. The predicted molar refractivity (Wildman–Crippen MR) is 100 cm³/mol. The fraction of sp³-hybridized carbons (Fsp3) is 0.300. The van der Waals surface area contributed by atoms with E-state index in [0.717, 1.165) is 43.3 Å². The number of fused-ring (bicyclic) bond motifs is 1. The van der Waals surface area contributed by atoms with Crippen LogP contribution in [0.2, 0.25) is 0 Å². The van der Waals surface area contributed by atoms with Crippen LogP contribution in [-0.4, -0.2) is 14.8 Å². The van der Waals surface area contributed by atoms with E-state index in [0.29, 0.717) is 12.2 Å². The van der Waals surface area contributed by atoms with Crippen molar-refractivity contribution in [1.29, 1.82) is 0 Å². The maximum absolute atomic E-state index is 12.8. The molecule has 1 atom stereocenters. The maximum Gasteiger partial charge on any atom is 0.416 e. The summed E-state index contributed by atoms with van der Waals surface area (Å²) in [6.07, 6.45) is 0.769. The Morgan fingerprint density at radius 1 is 1.07 bits per heavy atom. The zero-order valence-electron chi connectivity index (χ0n) is 15.1. The molecule has 3 heterocycles. The molecule has 1 aliphatic heterocycles. The SMILES string of the molecule is FC(F)(F)c1ccnc(Nc2ccc(CNC3CCCn4nccc43)cc2)c1. The summed E-state index contributed by atoms with van der Waals surface area (Å²) in [6.45, 7) is 1.67. The summed E-state index contributed by atoms with van der Waals surface area (Å²) in [7, 11) is 0. The third-order valence-corrected chi connectivity index (χ3v) is 4.84. The average Bonchev–Trinajstić information content (AvgIpc) is 3.16. The molecule has 8 heteroatoms. The molecular weight excluding hydrogens is 367 g/mol. The normalized spacial score (nSPS) is 16.6. The lowest BCUT2D eigenvalue weighted by Gasteiger charge is -2.24. The van der Waals surface area contributed by atoms with Crippen molar-refractivity contribution in [1.82, 2.24) is 20.1 Å². The second kappa shape index (κ2) is 7.63. The average molecular weight is 387 g/mol. The number of anilines is 2. The van der Waals surface area contributed by atoms with Crippen LogP contribution < -0.4 is 10.6 Å². The van der Waals surface area contributed by atoms with Gasteiger partial charge in [-0.15, -0.1) is 0 Å². The number of nitrogens with one attached hydrogen (secondary N) is 2. The quantitative estimate of drug-likeness (QED) is 0.668. The van der Waals surface area contributed by atoms with Gasteiger partial charge in [-0.05, 0) is 48.7 Å². The first-order chi connectivity index (χ1) is 13.5. The molecule has 2 N–H and O–H groups in total. The number of hydrogen-bond acceptors (Lipinski definition) is 4. The standard InChI is InChI=1S/C20H20F3N5/c21-20(22,23)15-7-9-24-19(12-15)27-16-5-3-14(4-6-16)13-25-17-2-1-11-28-18(17)8-10-26-28/h3-10,12,17,25H,1-2,11,13H2,(H,24,27). The van der Waals surface area contributed by atoms with Gasteiger partial charge in [-0.2, -0.15) is 18.3 Å². The van der Waals surface area contributed by atoms with Gasteiger partial charge < -0.3 is 10.6 Å². The van der Waals surface area contributed by atoms with Crippen LogP contribution in [-0.2, 0) is 19.3 Å². The monoisotopic (exact) mass is 387 g/mol. The van der Waals surface area contributed by atoms with Gasteiger partial charge in [0, 0.05) is 37.2 Å². The number of nitrogens with zero attached hydrogens (tertiary/aromatic N) is 3. The van der Waals surface area contributed by atoms with Crippen LogP contribution in [0, 0.1) is 0 Å². The molecule has 1 unspecified atom stereocenters. The van der Waals surface area contributed by atoms with Crippen molar-refractivity contribution in [3.8, 4) is 0 Å². The van der Waals surface area contributed by atoms with E-state index in [2.05, 4.69) is 20.7 Å². The number of pyridine rings is 1. The molecule has 28 heavy (non-hydrogen) atoms. The van der Waals surface area contributed by atoms with Crippen LogP contribution in [0.3, 0.4) is 0 Å². The second-order valence-electron chi connectivity index (χ2n) is 6.80. The number of alkyl halides is 3. The van der Waals surface area contributed by atoms with Crippen molar-refractivity contribution in [2.24, 2.45) is 0 Å². The fourth-order valence-corrected chi connectivity index (χ4v) is 3.40. The molecule has 1 aliphatic rings. The Morgan fingerprint density at radius 2 is 1.89 bits per heavy atom. The van der Waals surface area contributed by atoms with Gasteiger partial charge in [0.25, 0.3) is 0 Å². The molecule has 0 saturated heterocycles. The van der Waals surface area contributed by atoms with Crippen molar-refractivity contribution in [2.75, 3.05) is 5.32 Å². The summed E-state index contributed by atoms with van der Waals surface area (Å²) in [6, 6.07) is 11.9. The van der Waals surface area contributed by atoms with Gasteiger partial charge in [0.2, 0.25) is 0 Å². The van der Waals surface area contributed by atoms with E-state index >= 15 is 0 Å². The van der Waals surface area contributed by atoms with Crippen LogP contribution in [0.25, 0.3) is 0 Å². The Morgan fingerprint density at radius 3 is 2.68 bits per heavy atom. The summed E-state index contributed by atoms with van der Waals surface area (Å²) in [5.74, 6) is 0.163. The summed E-state index contributed by atoms with van der Waals surface area (Å²) < 4.78 is 40.4. The summed E-state index contributed by atoms with van der Waals surface area (Å²) in [5, 5.41) is 10.8. The number of hydrogen-bond donors (Lipinski definition) is 2. The third-order valence-electron chi connectivity index (χ3n) is 4.84. The van der Waals surface area contributed by atoms with Crippen molar-refractivity contribution < 1.29 is 13.2 Å². The van der Waals surface area contributed by atoms with E-state index in [9.17, 15) is 13.2 Å². The van der Waals surface area contributed by atoms with Crippen molar-refractivity contribution in [3.63, 3.8) is 0 Å². The lowest BCUT2D eigenvalue weighted by atomic mass is 10.0. The lowest BCUT2D eigenvalue weighted by Crippen LogP contribution is -2.27. The molecule has 146 valence electrons. The van der Waals surface area contributed by atoms with Gasteiger partial charge in [-0.1, -0.05) is 12.1 Å². The minimum absolute atomic E-state index is 0.163. The molecule has 0 bridgehead atoms. The minimum atomic E-state index is -4.39. The van der Waals surface area contributed by atoms with Gasteiger partial charge >= 0.3 is 6.18 Å². The summed E-state index contributed by atoms with van der Waals surface area (Å²) in [5.41, 5.74) is 2.27. The molecule has 5 nitrogen and oxygen atoms in total. The molecule has 1 aromatic carbocycles. The largest absolute Gasteiger partial charge is 0.416 e. The smallest absolute Gasteiger partial charge is 0.340 e. The lowest BCUT2D eigenvalue weighted by molar-refractivity contribution is -0.137. The van der Waals surface area contributed by atoms with Gasteiger partial charge in [0.05, 0.1) is 11.3 Å². The van der Waals surface area contributed by atoms with Crippen LogP contribution in [0.5, 0.6) is 0 Å². The Bertz CT molecular complexity index is 934. The van der Waals surface area contributed by atoms with Crippen LogP contribution in [0.1, 0.15) is 35.7 Å². The Balaban J connectivity index is 1.37. The topological polar surface area (TPSA) is 54.8 Å². The summed E-state index contributed by atoms with van der Waals surface area (Å²) >= 11 is 0. The Kier molecular flexibility index (Phi) is 5.04. The Hall–Kier alpha value is -2.87. The van der Waals surface area contributed by atoms with E-state index in [1.165, 1.54) is 5.69 Å².